The Bertz CT molecular complexity index is 1520. The van der Waals surface area contributed by atoms with E-state index in [0.717, 1.165) is 4.31 Å². The van der Waals surface area contributed by atoms with Crippen LogP contribution < -0.4 is 19.8 Å². The van der Waals surface area contributed by atoms with Crippen LogP contribution in [0.4, 0.5) is 5.69 Å². The second-order valence-corrected chi connectivity index (χ2v) is 9.61. The number of pyridine rings is 2. The number of aromatic amines is 1. The Hall–Kier alpha value is -4.18. The topological polar surface area (TPSA) is 121 Å². The van der Waals surface area contributed by atoms with E-state index in [9.17, 15) is 18.0 Å². The first kappa shape index (κ1) is 24.0. The van der Waals surface area contributed by atoms with Crippen molar-refractivity contribution in [2.45, 2.75) is 18.4 Å². The Kier molecular flexibility index (Phi) is 6.83. The molecule has 2 aromatic carbocycles. The fourth-order valence-corrected chi connectivity index (χ4v) is 4.73. The zero-order valence-electron chi connectivity index (χ0n) is 19.2. The summed E-state index contributed by atoms with van der Waals surface area (Å²) in [5.41, 5.74) is 0.800. The van der Waals surface area contributed by atoms with Crippen molar-refractivity contribution >= 4 is 32.5 Å². The Morgan fingerprint density at radius 2 is 1.89 bits per heavy atom. The lowest BCUT2D eigenvalue weighted by Gasteiger charge is -2.20. The Morgan fingerprint density at radius 3 is 2.57 bits per heavy atom. The molecule has 0 spiro atoms. The van der Waals surface area contributed by atoms with Gasteiger partial charge in [-0.25, -0.2) is 8.42 Å². The molecule has 0 radical (unpaired) electrons. The van der Waals surface area contributed by atoms with Gasteiger partial charge in [0, 0.05) is 30.3 Å². The molecular formula is C25H24N4O5S. The van der Waals surface area contributed by atoms with Crippen LogP contribution in [0.5, 0.6) is 5.75 Å². The van der Waals surface area contributed by atoms with Gasteiger partial charge in [0.15, 0.2) is 0 Å². The van der Waals surface area contributed by atoms with E-state index in [0.29, 0.717) is 29.3 Å². The molecule has 0 aliphatic rings. The van der Waals surface area contributed by atoms with Crippen LogP contribution in [0.25, 0.3) is 10.9 Å². The summed E-state index contributed by atoms with van der Waals surface area (Å²) >= 11 is 0. The van der Waals surface area contributed by atoms with Crippen LogP contribution in [0.2, 0.25) is 0 Å². The number of fused-ring (bicyclic) bond motifs is 1. The number of rotatable bonds is 8. The van der Waals surface area contributed by atoms with Crippen LogP contribution >= 0.6 is 0 Å². The number of aromatic nitrogens is 2. The molecule has 1 amide bonds. The molecule has 0 aliphatic carbocycles. The van der Waals surface area contributed by atoms with E-state index < -0.39 is 21.4 Å². The van der Waals surface area contributed by atoms with Crippen LogP contribution in [-0.4, -0.2) is 37.9 Å². The summed E-state index contributed by atoms with van der Waals surface area (Å²) in [6.45, 7) is 2.52. The molecule has 2 aromatic heterocycles. The van der Waals surface area contributed by atoms with E-state index in [1.807, 2.05) is 6.92 Å². The van der Waals surface area contributed by atoms with Crippen molar-refractivity contribution in [2.24, 2.45) is 0 Å². The van der Waals surface area contributed by atoms with Gasteiger partial charge in [-0.2, -0.15) is 0 Å². The van der Waals surface area contributed by atoms with Gasteiger partial charge in [-0.1, -0.05) is 6.07 Å². The number of hydrogen-bond acceptors (Lipinski definition) is 6. The minimum absolute atomic E-state index is 0.0714. The first-order chi connectivity index (χ1) is 16.8. The van der Waals surface area contributed by atoms with Crippen molar-refractivity contribution < 1.29 is 17.9 Å². The van der Waals surface area contributed by atoms with Crippen LogP contribution in [0, 0.1) is 0 Å². The highest BCUT2D eigenvalue weighted by atomic mass is 32.2. The van der Waals surface area contributed by atoms with E-state index in [-0.39, 0.29) is 22.4 Å². The number of sulfonamides is 1. The second-order valence-electron chi connectivity index (χ2n) is 7.64. The first-order valence-electron chi connectivity index (χ1n) is 10.9. The molecular weight excluding hydrogens is 468 g/mol. The summed E-state index contributed by atoms with van der Waals surface area (Å²) in [7, 11) is -2.54. The predicted molar refractivity (Wildman–Crippen MR) is 133 cm³/mol. The zero-order chi connectivity index (χ0) is 25.0. The van der Waals surface area contributed by atoms with Crippen molar-refractivity contribution in [1.82, 2.24) is 15.3 Å². The molecule has 35 heavy (non-hydrogen) atoms. The van der Waals surface area contributed by atoms with E-state index in [1.165, 1.54) is 31.4 Å². The fourth-order valence-electron chi connectivity index (χ4n) is 3.51. The molecule has 0 aliphatic heterocycles. The molecule has 0 unspecified atom stereocenters. The zero-order valence-corrected chi connectivity index (χ0v) is 20.0. The lowest BCUT2D eigenvalue weighted by molar-refractivity contribution is 0.0949. The quantitative estimate of drug-likeness (QED) is 0.390. The Morgan fingerprint density at radius 1 is 1.11 bits per heavy atom. The van der Waals surface area contributed by atoms with Crippen LogP contribution in [0.15, 0.2) is 82.7 Å². The number of nitrogens with zero attached hydrogens (tertiary/aromatic N) is 2. The lowest BCUT2D eigenvalue weighted by Crippen LogP contribution is -2.29. The number of anilines is 1. The standard InChI is InChI=1S/C25H24N4O5S/c1-3-34-19-9-7-18(8-10-19)29(2)35(32,33)20-11-12-23-21(14-20)24(30)22(16-27-23)25(31)28-15-17-6-4-5-13-26-17/h4-14,16H,3,15H2,1-2H3,(H,27,30)(H,28,31). The lowest BCUT2D eigenvalue weighted by atomic mass is 10.1. The molecule has 4 rings (SSSR count). The molecule has 4 aromatic rings. The third kappa shape index (κ3) is 5.02. The highest BCUT2D eigenvalue weighted by Crippen LogP contribution is 2.25. The molecule has 0 bridgehead atoms. The van der Waals surface area contributed by atoms with Gasteiger partial charge in [0.05, 0.1) is 29.4 Å². The summed E-state index contributed by atoms with van der Waals surface area (Å²) in [5, 5.41) is 2.75. The van der Waals surface area contributed by atoms with Gasteiger partial charge < -0.3 is 15.0 Å². The number of carbonyl (C=O) groups is 1. The molecule has 2 N–H and O–H groups in total. The number of carbonyl (C=O) groups excluding carboxylic acids is 1. The molecule has 0 saturated carbocycles. The minimum Gasteiger partial charge on any atom is -0.494 e. The van der Waals surface area contributed by atoms with Gasteiger partial charge in [-0.3, -0.25) is 18.9 Å². The third-order valence-electron chi connectivity index (χ3n) is 5.42. The molecule has 10 heteroatoms. The van der Waals surface area contributed by atoms with E-state index in [1.54, 1.807) is 48.7 Å². The van der Waals surface area contributed by atoms with Gasteiger partial charge in [-0.05, 0) is 61.5 Å². The van der Waals surface area contributed by atoms with E-state index >= 15 is 0 Å². The highest BCUT2D eigenvalue weighted by Gasteiger charge is 2.23. The molecule has 2 heterocycles. The predicted octanol–water partition coefficient (Wildman–Crippen LogP) is 3.08. The number of amides is 1. The van der Waals surface area contributed by atoms with Crippen molar-refractivity contribution in [2.75, 3.05) is 18.0 Å². The SMILES string of the molecule is CCOc1ccc(N(C)S(=O)(=O)c2ccc3[nH]cc(C(=O)NCc4ccccn4)c(=O)c3c2)cc1. The van der Waals surface area contributed by atoms with Gasteiger partial charge in [-0.15, -0.1) is 0 Å². The number of nitrogens with one attached hydrogen (secondary N) is 2. The summed E-state index contributed by atoms with van der Waals surface area (Å²) in [5.74, 6) is 0.0479. The molecule has 9 nitrogen and oxygen atoms in total. The first-order valence-corrected chi connectivity index (χ1v) is 12.3. The third-order valence-corrected chi connectivity index (χ3v) is 7.20. The molecule has 0 saturated heterocycles. The number of benzene rings is 2. The van der Waals surface area contributed by atoms with Gasteiger partial charge >= 0.3 is 0 Å². The maximum Gasteiger partial charge on any atom is 0.264 e. The van der Waals surface area contributed by atoms with Gasteiger partial charge in [0.25, 0.3) is 15.9 Å². The summed E-state index contributed by atoms with van der Waals surface area (Å²) in [6.07, 6.45) is 2.93. The summed E-state index contributed by atoms with van der Waals surface area (Å²) < 4.78 is 33.1. The van der Waals surface area contributed by atoms with Crippen LogP contribution in [0.1, 0.15) is 23.0 Å². The minimum atomic E-state index is -3.97. The van der Waals surface area contributed by atoms with E-state index in [4.69, 9.17) is 4.74 Å². The summed E-state index contributed by atoms with van der Waals surface area (Å²) in [6, 6.07) is 16.2. The monoisotopic (exact) mass is 492 g/mol. The van der Waals surface area contributed by atoms with Gasteiger partial charge in [0.1, 0.15) is 11.3 Å². The maximum absolute atomic E-state index is 13.3. The fraction of sp³-hybridized carbons (Fsp3) is 0.160. The average Bonchev–Trinajstić information content (AvgIpc) is 2.88. The van der Waals surface area contributed by atoms with Crippen LogP contribution in [-0.2, 0) is 16.6 Å². The number of hydrogen-bond donors (Lipinski definition) is 2. The van der Waals surface area contributed by atoms with Crippen LogP contribution in [0.3, 0.4) is 0 Å². The molecule has 0 atom stereocenters. The largest absolute Gasteiger partial charge is 0.494 e. The van der Waals surface area contributed by atoms with Crippen molar-refractivity contribution in [3.05, 3.63) is 94.5 Å². The number of ether oxygens (including phenoxy) is 1. The summed E-state index contributed by atoms with van der Waals surface area (Å²) in [4.78, 5) is 32.7. The van der Waals surface area contributed by atoms with Crippen molar-refractivity contribution in [3.8, 4) is 5.75 Å². The highest BCUT2D eigenvalue weighted by molar-refractivity contribution is 7.92. The van der Waals surface area contributed by atoms with Crippen molar-refractivity contribution in [1.29, 1.82) is 0 Å². The smallest absolute Gasteiger partial charge is 0.264 e. The van der Waals surface area contributed by atoms with E-state index in [2.05, 4.69) is 15.3 Å². The van der Waals surface area contributed by atoms with Gasteiger partial charge in [0.2, 0.25) is 5.43 Å². The molecule has 180 valence electrons. The average molecular weight is 493 g/mol. The van der Waals surface area contributed by atoms with Crippen molar-refractivity contribution in [3.63, 3.8) is 0 Å². The molecule has 0 fully saturated rings. The Labute approximate surface area is 202 Å². The Balaban J connectivity index is 1.63. The normalized spacial score (nSPS) is 11.3. The number of H-pyrrole nitrogens is 1. The second kappa shape index (κ2) is 9.98. The maximum atomic E-state index is 13.3.